The molecule has 15 heavy (non-hydrogen) atoms. The van der Waals surface area contributed by atoms with Crippen molar-refractivity contribution < 1.29 is 9.59 Å². The number of rotatable bonds is 6. The van der Waals surface area contributed by atoms with Crippen molar-refractivity contribution in [1.29, 1.82) is 0 Å². The number of amides is 2. The van der Waals surface area contributed by atoms with Gasteiger partial charge in [-0.2, -0.15) is 0 Å². The van der Waals surface area contributed by atoms with Crippen molar-refractivity contribution in [3.63, 3.8) is 0 Å². The molecule has 0 aromatic rings. The summed E-state index contributed by atoms with van der Waals surface area (Å²) < 4.78 is 0. The predicted octanol–water partition coefficient (Wildman–Crippen LogP) is 0.921. The largest absolute Gasteiger partial charge is 0.354 e. The third-order valence-electron chi connectivity index (χ3n) is 2.31. The van der Waals surface area contributed by atoms with Gasteiger partial charge in [-0.3, -0.25) is 9.59 Å². The SMILES string of the molecule is CC[C@@H](C)C(=O)NCCNC(=O)C(C)C. The molecule has 0 aromatic heterocycles. The molecule has 0 bridgehead atoms. The molecule has 1 atom stereocenters. The summed E-state index contributed by atoms with van der Waals surface area (Å²) in [4.78, 5) is 22.5. The van der Waals surface area contributed by atoms with Crippen molar-refractivity contribution in [2.24, 2.45) is 11.8 Å². The van der Waals surface area contributed by atoms with Crippen LogP contribution in [-0.4, -0.2) is 24.9 Å². The Kier molecular flexibility index (Phi) is 6.75. The third-order valence-corrected chi connectivity index (χ3v) is 2.31. The number of hydrogen-bond acceptors (Lipinski definition) is 2. The molecule has 0 unspecified atom stereocenters. The molecule has 0 saturated heterocycles. The van der Waals surface area contributed by atoms with Crippen LogP contribution in [0.5, 0.6) is 0 Å². The Morgan fingerprint density at radius 3 is 1.87 bits per heavy atom. The van der Waals surface area contributed by atoms with Gasteiger partial charge in [-0.15, -0.1) is 0 Å². The van der Waals surface area contributed by atoms with Crippen molar-refractivity contribution in [3.8, 4) is 0 Å². The molecule has 0 aliphatic heterocycles. The van der Waals surface area contributed by atoms with Crippen molar-refractivity contribution >= 4 is 11.8 Å². The Labute approximate surface area is 91.8 Å². The molecule has 2 N–H and O–H groups in total. The van der Waals surface area contributed by atoms with E-state index < -0.39 is 0 Å². The molecule has 0 rings (SSSR count). The van der Waals surface area contributed by atoms with Gasteiger partial charge in [-0.25, -0.2) is 0 Å². The molecule has 2 amide bonds. The fourth-order valence-electron chi connectivity index (χ4n) is 0.935. The van der Waals surface area contributed by atoms with Crippen LogP contribution in [0.4, 0.5) is 0 Å². The normalized spacial score (nSPS) is 12.3. The Morgan fingerprint density at radius 1 is 1.00 bits per heavy atom. The Bertz CT molecular complexity index is 215. The molecule has 0 spiro atoms. The molecule has 0 fully saturated rings. The van der Waals surface area contributed by atoms with Crippen LogP contribution in [-0.2, 0) is 9.59 Å². The van der Waals surface area contributed by atoms with Gasteiger partial charge in [0.15, 0.2) is 0 Å². The molecule has 0 heterocycles. The summed E-state index contributed by atoms with van der Waals surface area (Å²) in [7, 11) is 0. The second kappa shape index (κ2) is 7.26. The van der Waals surface area contributed by atoms with E-state index in [2.05, 4.69) is 10.6 Å². The number of hydrogen-bond donors (Lipinski definition) is 2. The van der Waals surface area contributed by atoms with Crippen LogP contribution in [0.25, 0.3) is 0 Å². The van der Waals surface area contributed by atoms with Gasteiger partial charge in [0.25, 0.3) is 0 Å². The monoisotopic (exact) mass is 214 g/mol. The second-order valence-corrected chi connectivity index (χ2v) is 4.05. The van der Waals surface area contributed by atoms with Crippen LogP contribution < -0.4 is 10.6 Å². The minimum absolute atomic E-state index is 0.00438. The highest BCUT2D eigenvalue weighted by Crippen LogP contribution is 1.98. The van der Waals surface area contributed by atoms with E-state index in [-0.39, 0.29) is 23.7 Å². The van der Waals surface area contributed by atoms with E-state index in [1.165, 1.54) is 0 Å². The van der Waals surface area contributed by atoms with E-state index in [0.717, 1.165) is 6.42 Å². The molecule has 0 saturated carbocycles. The Balaban J connectivity index is 3.55. The van der Waals surface area contributed by atoms with E-state index in [1.54, 1.807) is 0 Å². The first-order valence-electron chi connectivity index (χ1n) is 5.54. The van der Waals surface area contributed by atoms with Crippen LogP contribution >= 0.6 is 0 Å². The van der Waals surface area contributed by atoms with Crippen LogP contribution in [0.3, 0.4) is 0 Å². The first kappa shape index (κ1) is 13.9. The van der Waals surface area contributed by atoms with E-state index in [1.807, 2.05) is 27.7 Å². The quantitative estimate of drug-likeness (QED) is 0.646. The van der Waals surface area contributed by atoms with E-state index >= 15 is 0 Å². The minimum Gasteiger partial charge on any atom is -0.354 e. The molecule has 0 radical (unpaired) electrons. The van der Waals surface area contributed by atoms with Gasteiger partial charge in [0.05, 0.1) is 0 Å². The van der Waals surface area contributed by atoms with Crippen molar-refractivity contribution in [2.75, 3.05) is 13.1 Å². The second-order valence-electron chi connectivity index (χ2n) is 4.05. The number of carbonyl (C=O) groups is 2. The molecule has 88 valence electrons. The van der Waals surface area contributed by atoms with Gasteiger partial charge in [0, 0.05) is 24.9 Å². The summed E-state index contributed by atoms with van der Waals surface area (Å²) in [5.74, 6) is 0.116. The molecule has 0 aliphatic rings. The molecule has 0 aliphatic carbocycles. The topological polar surface area (TPSA) is 58.2 Å². The number of carbonyl (C=O) groups excluding carboxylic acids is 2. The lowest BCUT2D eigenvalue weighted by Crippen LogP contribution is -2.38. The lowest BCUT2D eigenvalue weighted by Gasteiger charge is -2.11. The van der Waals surface area contributed by atoms with Crippen molar-refractivity contribution in [3.05, 3.63) is 0 Å². The van der Waals surface area contributed by atoms with Crippen LogP contribution in [0.2, 0.25) is 0 Å². The predicted molar refractivity (Wildman–Crippen MR) is 60.3 cm³/mol. The van der Waals surface area contributed by atoms with E-state index in [9.17, 15) is 9.59 Å². The zero-order chi connectivity index (χ0) is 11.8. The van der Waals surface area contributed by atoms with Crippen LogP contribution in [0, 0.1) is 11.8 Å². The molecule has 4 heteroatoms. The zero-order valence-electron chi connectivity index (χ0n) is 10.1. The van der Waals surface area contributed by atoms with Gasteiger partial charge < -0.3 is 10.6 Å². The van der Waals surface area contributed by atoms with Gasteiger partial charge in [-0.1, -0.05) is 27.7 Å². The molecule has 0 aromatic carbocycles. The summed E-state index contributed by atoms with van der Waals surface area (Å²) in [6.45, 7) is 8.55. The van der Waals surface area contributed by atoms with E-state index in [4.69, 9.17) is 0 Å². The first-order valence-corrected chi connectivity index (χ1v) is 5.54. The van der Waals surface area contributed by atoms with Gasteiger partial charge in [-0.05, 0) is 6.42 Å². The average Bonchev–Trinajstić information content (AvgIpc) is 2.22. The fourth-order valence-corrected chi connectivity index (χ4v) is 0.935. The number of nitrogens with one attached hydrogen (secondary N) is 2. The maximum Gasteiger partial charge on any atom is 0.222 e. The van der Waals surface area contributed by atoms with Crippen molar-refractivity contribution in [1.82, 2.24) is 10.6 Å². The lowest BCUT2D eigenvalue weighted by molar-refractivity contribution is -0.126. The van der Waals surface area contributed by atoms with Crippen molar-refractivity contribution in [2.45, 2.75) is 34.1 Å². The molecular formula is C11H22N2O2. The van der Waals surface area contributed by atoms with Crippen LogP contribution in [0.1, 0.15) is 34.1 Å². The van der Waals surface area contributed by atoms with Gasteiger partial charge in [0.2, 0.25) is 11.8 Å². The van der Waals surface area contributed by atoms with Crippen LogP contribution in [0.15, 0.2) is 0 Å². The smallest absolute Gasteiger partial charge is 0.222 e. The highest BCUT2D eigenvalue weighted by atomic mass is 16.2. The molecule has 4 nitrogen and oxygen atoms in total. The highest BCUT2D eigenvalue weighted by Gasteiger charge is 2.09. The average molecular weight is 214 g/mol. The summed E-state index contributed by atoms with van der Waals surface area (Å²) in [6, 6.07) is 0. The highest BCUT2D eigenvalue weighted by molar-refractivity contribution is 5.79. The summed E-state index contributed by atoms with van der Waals surface area (Å²) in [5.41, 5.74) is 0. The first-order chi connectivity index (χ1) is 6.99. The molecular weight excluding hydrogens is 192 g/mol. The Hall–Kier alpha value is -1.06. The maximum absolute atomic E-state index is 11.3. The lowest BCUT2D eigenvalue weighted by atomic mass is 10.1. The third kappa shape index (κ3) is 6.10. The summed E-state index contributed by atoms with van der Waals surface area (Å²) >= 11 is 0. The van der Waals surface area contributed by atoms with E-state index in [0.29, 0.717) is 13.1 Å². The standard InChI is InChI=1S/C11H22N2O2/c1-5-9(4)11(15)13-7-6-12-10(14)8(2)3/h8-9H,5-7H2,1-4H3,(H,12,14)(H,13,15)/t9-/m1/s1. The maximum atomic E-state index is 11.3. The minimum atomic E-state index is -0.00438. The zero-order valence-corrected chi connectivity index (χ0v) is 10.1. The fraction of sp³-hybridized carbons (Fsp3) is 0.818. The summed E-state index contributed by atoms with van der Waals surface area (Å²) in [6.07, 6.45) is 0.837. The summed E-state index contributed by atoms with van der Waals surface area (Å²) in [5, 5.41) is 5.51. The van der Waals surface area contributed by atoms with Gasteiger partial charge in [0.1, 0.15) is 0 Å². The van der Waals surface area contributed by atoms with Gasteiger partial charge >= 0.3 is 0 Å². The Morgan fingerprint density at radius 2 is 1.47 bits per heavy atom.